The van der Waals surface area contributed by atoms with Crippen LogP contribution in [0, 0.1) is 11.6 Å². The molecule has 35 heavy (non-hydrogen) atoms. The Morgan fingerprint density at radius 2 is 1.69 bits per heavy atom. The van der Waals surface area contributed by atoms with Gasteiger partial charge in [0.25, 0.3) is 5.91 Å². The second kappa shape index (κ2) is 9.54. The van der Waals surface area contributed by atoms with Gasteiger partial charge in [0.15, 0.2) is 11.6 Å². The van der Waals surface area contributed by atoms with Crippen LogP contribution in [0.2, 0.25) is 0 Å². The number of piperazine rings is 1. The highest BCUT2D eigenvalue weighted by Crippen LogP contribution is 2.38. The van der Waals surface area contributed by atoms with Crippen molar-refractivity contribution in [3.8, 4) is 0 Å². The Hall–Kier alpha value is -3.05. The lowest BCUT2D eigenvalue weighted by Gasteiger charge is -2.40. The molecule has 0 unspecified atom stereocenters. The van der Waals surface area contributed by atoms with Crippen LogP contribution in [-0.2, 0) is 9.47 Å². The number of pyridine rings is 1. The Bertz CT molecular complexity index is 1120. The topological polar surface area (TPSA) is 87.2 Å². The van der Waals surface area contributed by atoms with Crippen molar-refractivity contribution < 1.29 is 27.8 Å². The number of benzene rings is 1. The van der Waals surface area contributed by atoms with Gasteiger partial charge >= 0.3 is 6.03 Å². The van der Waals surface area contributed by atoms with Crippen LogP contribution in [0.1, 0.15) is 30.1 Å². The van der Waals surface area contributed by atoms with E-state index in [1.807, 2.05) is 11.8 Å². The molecule has 9 nitrogen and oxygen atoms in total. The van der Waals surface area contributed by atoms with Crippen molar-refractivity contribution in [1.29, 1.82) is 0 Å². The molecular formula is C24H29F2N5O4. The molecule has 1 spiro atoms. The molecule has 1 aromatic carbocycles. The number of ether oxygens (including phenoxy) is 2. The molecule has 0 atom stereocenters. The standard InChI is InChI=1S/C24H29F2N5O4/c1-2-27-23(33)31-9-7-30(8-10-31)22(32)18-15-28-20-17(13-16(25)14-19(20)26)21(18)29-5-3-24(4-6-29)34-11-12-35-24/h13-15H,2-12H2,1H3,(H,27,33). The predicted molar refractivity (Wildman–Crippen MR) is 124 cm³/mol. The van der Waals surface area contributed by atoms with Gasteiger partial charge in [-0.25, -0.2) is 13.6 Å². The minimum Gasteiger partial charge on any atom is -0.370 e. The number of carbonyl (C=O) groups is 2. The van der Waals surface area contributed by atoms with Gasteiger partial charge in [0.2, 0.25) is 0 Å². The summed E-state index contributed by atoms with van der Waals surface area (Å²) >= 11 is 0. The van der Waals surface area contributed by atoms with Crippen LogP contribution in [0.15, 0.2) is 18.3 Å². The Morgan fingerprint density at radius 3 is 2.34 bits per heavy atom. The maximum Gasteiger partial charge on any atom is 0.317 e. The molecule has 3 fully saturated rings. The number of carbonyl (C=O) groups excluding carboxylic acids is 2. The van der Waals surface area contributed by atoms with E-state index in [2.05, 4.69) is 10.3 Å². The first-order valence-electron chi connectivity index (χ1n) is 12.0. The van der Waals surface area contributed by atoms with Crippen LogP contribution < -0.4 is 10.2 Å². The second-order valence-electron chi connectivity index (χ2n) is 9.01. The van der Waals surface area contributed by atoms with E-state index in [0.717, 1.165) is 6.07 Å². The van der Waals surface area contributed by atoms with Crippen LogP contribution in [0.25, 0.3) is 10.9 Å². The highest BCUT2D eigenvalue weighted by Gasteiger charge is 2.41. The molecule has 11 heteroatoms. The minimum absolute atomic E-state index is 0.0210. The number of hydrogen-bond donors (Lipinski definition) is 1. The third-order valence-electron chi connectivity index (χ3n) is 6.93. The van der Waals surface area contributed by atoms with E-state index in [1.54, 1.807) is 9.80 Å². The Kier molecular flexibility index (Phi) is 6.45. The summed E-state index contributed by atoms with van der Waals surface area (Å²) in [4.78, 5) is 35.2. The third kappa shape index (κ3) is 4.50. The monoisotopic (exact) mass is 489 g/mol. The number of amides is 3. The van der Waals surface area contributed by atoms with E-state index >= 15 is 0 Å². The van der Waals surface area contributed by atoms with Crippen LogP contribution in [0.4, 0.5) is 19.3 Å². The summed E-state index contributed by atoms with van der Waals surface area (Å²) in [5, 5.41) is 3.03. The zero-order valence-corrected chi connectivity index (χ0v) is 19.7. The Labute approximate surface area is 201 Å². The van der Waals surface area contributed by atoms with Crippen LogP contribution in [0.3, 0.4) is 0 Å². The van der Waals surface area contributed by atoms with Crippen molar-refractivity contribution in [2.24, 2.45) is 0 Å². The third-order valence-corrected chi connectivity index (χ3v) is 6.93. The molecule has 5 rings (SSSR count). The van der Waals surface area contributed by atoms with E-state index < -0.39 is 17.4 Å². The SMILES string of the molecule is CCNC(=O)N1CCN(C(=O)c2cnc3c(F)cc(F)cc3c2N2CCC3(CC2)OCCO3)CC1. The number of aromatic nitrogens is 1. The normalized spacial score (nSPS) is 20.0. The molecule has 3 amide bonds. The smallest absolute Gasteiger partial charge is 0.317 e. The molecule has 0 radical (unpaired) electrons. The van der Waals surface area contributed by atoms with E-state index in [0.29, 0.717) is 77.6 Å². The van der Waals surface area contributed by atoms with Crippen molar-refractivity contribution in [2.45, 2.75) is 25.6 Å². The number of hydrogen-bond acceptors (Lipinski definition) is 6. The summed E-state index contributed by atoms with van der Waals surface area (Å²) in [6.07, 6.45) is 2.53. The number of urea groups is 1. The molecule has 4 heterocycles. The van der Waals surface area contributed by atoms with Gasteiger partial charge in [-0.1, -0.05) is 0 Å². The molecule has 0 bridgehead atoms. The molecular weight excluding hydrogens is 460 g/mol. The summed E-state index contributed by atoms with van der Waals surface area (Å²) in [5.41, 5.74) is 0.781. The molecule has 0 aliphatic carbocycles. The molecule has 2 aromatic rings. The van der Waals surface area contributed by atoms with Gasteiger partial charge in [-0.2, -0.15) is 0 Å². The molecule has 3 saturated heterocycles. The number of rotatable bonds is 3. The summed E-state index contributed by atoms with van der Waals surface area (Å²) in [6.45, 7) is 5.99. The van der Waals surface area contributed by atoms with Gasteiger partial charge in [0.1, 0.15) is 11.3 Å². The zero-order valence-electron chi connectivity index (χ0n) is 19.7. The zero-order chi connectivity index (χ0) is 24.6. The van der Waals surface area contributed by atoms with E-state index in [1.165, 1.54) is 12.3 Å². The minimum atomic E-state index is -0.772. The second-order valence-corrected chi connectivity index (χ2v) is 9.01. The fourth-order valence-corrected chi connectivity index (χ4v) is 5.11. The van der Waals surface area contributed by atoms with Crippen LogP contribution in [0.5, 0.6) is 0 Å². The largest absolute Gasteiger partial charge is 0.370 e. The summed E-state index contributed by atoms with van der Waals surface area (Å²) in [5.74, 6) is -2.40. The molecule has 3 aliphatic heterocycles. The van der Waals surface area contributed by atoms with Crippen molar-refractivity contribution in [3.63, 3.8) is 0 Å². The number of nitrogens with one attached hydrogen (secondary N) is 1. The highest BCUT2D eigenvalue weighted by molar-refractivity contribution is 6.07. The highest BCUT2D eigenvalue weighted by atomic mass is 19.1. The van der Waals surface area contributed by atoms with Crippen molar-refractivity contribution in [3.05, 3.63) is 35.5 Å². The van der Waals surface area contributed by atoms with E-state index in [4.69, 9.17) is 9.47 Å². The van der Waals surface area contributed by atoms with Gasteiger partial charge in [-0.3, -0.25) is 9.78 Å². The number of piperidine rings is 1. The number of anilines is 1. The lowest BCUT2D eigenvalue weighted by molar-refractivity contribution is -0.169. The van der Waals surface area contributed by atoms with Gasteiger partial charge in [0, 0.05) is 76.3 Å². The first-order chi connectivity index (χ1) is 16.9. The number of halogens is 2. The van der Waals surface area contributed by atoms with Crippen molar-refractivity contribution >= 4 is 28.5 Å². The van der Waals surface area contributed by atoms with Gasteiger partial charge < -0.3 is 29.5 Å². The quantitative estimate of drug-likeness (QED) is 0.712. The van der Waals surface area contributed by atoms with Gasteiger partial charge in [0.05, 0.1) is 24.5 Å². The fourth-order valence-electron chi connectivity index (χ4n) is 5.11. The number of nitrogens with zero attached hydrogens (tertiary/aromatic N) is 4. The maximum absolute atomic E-state index is 14.6. The summed E-state index contributed by atoms with van der Waals surface area (Å²) in [7, 11) is 0. The molecule has 0 saturated carbocycles. The number of fused-ring (bicyclic) bond motifs is 1. The predicted octanol–water partition coefficient (Wildman–Crippen LogP) is 2.34. The Balaban J connectivity index is 1.45. The first-order valence-corrected chi connectivity index (χ1v) is 12.0. The van der Waals surface area contributed by atoms with Crippen LogP contribution in [-0.4, -0.2) is 91.5 Å². The molecule has 188 valence electrons. The lowest BCUT2D eigenvalue weighted by Crippen LogP contribution is -2.53. The lowest BCUT2D eigenvalue weighted by atomic mass is 9.99. The Morgan fingerprint density at radius 1 is 1.03 bits per heavy atom. The van der Waals surface area contributed by atoms with E-state index in [9.17, 15) is 18.4 Å². The molecule has 3 aliphatic rings. The molecule has 1 aromatic heterocycles. The summed E-state index contributed by atoms with van der Waals surface area (Å²) < 4.78 is 40.5. The van der Waals surface area contributed by atoms with Crippen molar-refractivity contribution in [1.82, 2.24) is 20.1 Å². The van der Waals surface area contributed by atoms with Crippen molar-refractivity contribution in [2.75, 3.05) is 63.9 Å². The average molecular weight is 490 g/mol. The average Bonchev–Trinajstić information content (AvgIpc) is 3.31. The summed E-state index contributed by atoms with van der Waals surface area (Å²) in [6, 6.07) is 1.88. The molecule has 1 N–H and O–H groups in total. The van der Waals surface area contributed by atoms with Crippen LogP contribution >= 0.6 is 0 Å². The van der Waals surface area contributed by atoms with Gasteiger partial charge in [-0.15, -0.1) is 0 Å². The van der Waals surface area contributed by atoms with E-state index in [-0.39, 0.29) is 28.4 Å². The van der Waals surface area contributed by atoms with Gasteiger partial charge in [-0.05, 0) is 13.0 Å². The first kappa shape index (κ1) is 23.7. The fraction of sp³-hybridized carbons (Fsp3) is 0.542. The maximum atomic E-state index is 14.6.